The van der Waals surface area contributed by atoms with Gasteiger partial charge in [-0.25, -0.2) is 18.5 Å². The van der Waals surface area contributed by atoms with Gasteiger partial charge in [-0.3, -0.25) is 0 Å². The van der Waals surface area contributed by atoms with Gasteiger partial charge in [0.05, 0.1) is 17.6 Å². The number of sulfonamides is 1. The molecule has 0 atom stereocenters. The summed E-state index contributed by atoms with van der Waals surface area (Å²) in [4.78, 5) is 4.23. The number of primary sulfonamides is 1. The molecule has 8 heteroatoms. The number of halogens is 1. The van der Waals surface area contributed by atoms with Gasteiger partial charge in [0.25, 0.3) is 0 Å². The second-order valence-corrected chi connectivity index (χ2v) is 7.16. The van der Waals surface area contributed by atoms with Gasteiger partial charge in [0, 0.05) is 5.69 Å². The molecule has 0 amide bonds. The van der Waals surface area contributed by atoms with Crippen LogP contribution in [0.2, 0.25) is 4.34 Å². The van der Waals surface area contributed by atoms with Gasteiger partial charge in [-0.15, -0.1) is 11.3 Å². The normalized spacial score (nSPS) is 11.5. The summed E-state index contributed by atoms with van der Waals surface area (Å²) in [5.41, 5.74) is 1.30. The Morgan fingerprint density at radius 3 is 2.79 bits per heavy atom. The van der Waals surface area contributed by atoms with E-state index in [0.717, 1.165) is 5.01 Å². The highest BCUT2D eigenvalue weighted by atomic mass is 35.5. The maximum Gasteiger partial charge on any atom is 0.238 e. The molecule has 0 unspecified atom stereocenters. The molecule has 0 spiro atoms. The van der Waals surface area contributed by atoms with Gasteiger partial charge >= 0.3 is 0 Å². The van der Waals surface area contributed by atoms with Crippen LogP contribution in [0.1, 0.15) is 10.6 Å². The highest BCUT2D eigenvalue weighted by Crippen LogP contribution is 2.24. The molecule has 0 radical (unpaired) electrons. The van der Waals surface area contributed by atoms with E-state index in [4.69, 9.17) is 16.7 Å². The highest BCUT2D eigenvalue weighted by molar-refractivity contribution is 7.89. The molecule has 19 heavy (non-hydrogen) atoms. The number of benzene rings is 1. The SMILES string of the molecule is Cc1c(NCc2ncc(Cl)s2)cccc1S(N)(=O)=O. The van der Waals surface area contributed by atoms with Gasteiger partial charge < -0.3 is 5.32 Å². The van der Waals surface area contributed by atoms with Crippen molar-refractivity contribution in [3.05, 3.63) is 39.3 Å². The average molecular weight is 318 g/mol. The van der Waals surface area contributed by atoms with Crippen molar-refractivity contribution in [2.24, 2.45) is 5.14 Å². The van der Waals surface area contributed by atoms with E-state index in [1.54, 1.807) is 25.3 Å². The highest BCUT2D eigenvalue weighted by Gasteiger charge is 2.13. The van der Waals surface area contributed by atoms with E-state index in [0.29, 0.717) is 22.1 Å². The van der Waals surface area contributed by atoms with Crippen LogP contribution in [-0.2, 0) is 16.6 Å². The van der Waals surface area contributed by atoms with Crippen LogP contribution < -0.4 is 10.5 Å². The summed E-state index contributed by atoms with van der Waals surface area (Å²) < 4.78 is 23.4. The van der Waals surface area contributed by atoms with Gasteiger partial charge in [-0.05, 0) is 24.6 Å². The number of rotatable bonds is 4. The number of aromatic nitrogens is 1. The summed E-state index contributed by atoms with van der Waals surface area (Å²) in [5.74, 6) is 0. The predicted molar refractivity (Wildman–Crippen MR) is 77.0 cm³/mol. The third-order valence-corrected chi connectivity index (χ3v) is 4.72. The molecular weight excluding hydrogens is 306 g/mol. The van der Waals surface area contributed by atoms with Crippen LogP contribution in [0.3, 0.4) is 0 Å². The molecule has 0 bridgehead atoms. The van der Waals surface area contributed by atoms with E-state index in [2.05, 4.69) is 10.3 Å². The molecular formula is C11H12ClN3O2S2. The smallest absolute Gasteiger partial charge is 0.238 e. The third-order valence-electron chi connectivity index (χ3n) is 2.55. The van der Waals surface area contributed by atoms with Crippen LogP contribution in [0.4, 0.5) is 5.69 Å². The van der Waals surface area contributed by atoms with E-state index in [1.807, 2.05) is 0 Å². The molecule has 5 nitrogen and oxygen atoms in total. The molecule has 0 saturated carbocycles. The minimum atomic E-state index is -3.71. The zero-order valence-corrected chi connectivity index (χ0v) is 12.4. The molecule has 2 rings (SSSR count). The Morgan fingerprint density at radius 1 is 1.47 bits per heavy atom. The first-order valence-corrected chi connectivity index (χ1v) is 8.08. The molecule has 1 heterocycles. The van der Waals surface area contributed by atoms with E-state index >= 15 is 0 Å². The maximum atomic E-state index is 11.4. The summed E-state index contributed by atoms with van der Waals surface area (Å²) in [5, 5.41) is 9.10. The standard InChI is InChI=1S/C11H12ClN3O2S2/c1-7-8(3-2-4-9(7)19(13,16)17)14-6-11-15-5-10(12)18-11/h2-5,14H,6H2,1H3,(H2,13,16,17). The van der Waals surface area contributed by atoms with Crippen molar-refractivity contribution in [1.82, 2.24) is 4.98 Å². The Labute approximate surface area is 120 Å². The number of nitrogens with zero attached hydrogens (tertiary/aromatic N) is 1. The van der Waals surface area contributed by atoms with Crippen LogP contribution in [0, 0.1) is 6.92 Å². The van der Waals surface area contributed by atoms with Crippen molar-refractivity contribution in [3.8, 4) is 0 Å². The molecule has 0 fully saturated rings. The topological polar surface area (TPSA) is 85.1 Å². The van der Waals surface area contributed by atoms with Gasteiger partial charge in [-0.1, -0.05) is 17.7 Å². The predicted octanol–water partition coefficient (Wildman–Crippen LogP) is 2.36. The lowest BCUT2D eigenvalue weighted by atomic mass is 10.2. The first-order valence-electron chi connectivity index (χ1n) is 5.34. The Kier molecular flexibility index (Phi) is 4.10. The largest absolute Gasteiger partial charge is 0.378 e. The van der Waals surface area contributed by atoms with Crippen molar-refractivity contribution in [2.45, 2.75) is 18.4 Å². The number of anilines is 1. The first kappa shape index (κ1) is 14.3. The monoisotopic (exact) mass is 317 g/mol. The first-order chi connectivity index (χ1) is 8.88. The van der Waals surface area contributed by atoms with Crippen molar-refractivity contribution in [2.75, 3.05) is 5.32 Å². The minimum Gasteiger partial charge on any atom is -0.378 e. The molecule has 0 aliphatic carbocycles. The lowest BCUT2D eigenvalue weighted by Crippen LogP contribution is -2.14. The van der Waals surface area contributed by atoms with Crippen molar-refractivity contribution >= 4 is 38.6 Å². The van der Waals surface area contributed by atoms with E-state index in [-0.39, 0.29) is 4.90 Å². The molecule has 3 N–H and O–H groups in total. The number of nitrogens with one attached hydrogen (secondary N) is 1. The lowest BCUT2D eigenvalue weighted by molar-refractivity contribution is 0.597. The zero-order chi connectivity index (χ0) is 14.0. The Bertz CT molecular complexity index is 698. The fourth-order valence-corrected chi connectivity index (χ4v) is 3.36. The van der Waals surface area contributed by atoms with Crippen molar-refractivity contribution < 1.29 is 8.42 Å². The average Bonchev–Trinajstić information content (AvgIpc) is 2.72. The third kappa shape index (κ3) is 3.44. The van der Waals surface area contributed by atoms with Gasteiger partial charge in [0.15, 0.2) is 0 Å². The quantitative estimate of drug-likeness (QED) is 0.906. The van der Waals surface area contributed by atoms with Crippen molar-refractivity contribution in [1.29, 1.82) is 0 Å². The maximum absolute atomic E-state index is 11.4. The van der Waals surface area contributed by atoms with Crippen LogP contribution in [-0.4, -0.2) is 13.4 Å². The number of hydrogen-bond acceptors (Lipinski definition) is 5. The summed E-state index contributed by atoms with van der Waals surface area (Å²) in [7, 11) is -3.71. The Hall–Kier alpha value is -1.15. The van der Waals surface area contributed by atoms with Gasteiger partial charge in [0.2, 0.25) is 10.0 Å². The molecule has 1 aromatic carbocycles. The number of thiazole rings is 1. The van der Waals surface area contributed by atoms with Crippen LogP contribution >= 0.6 is 22.9 Å². The molecule has 2 aromatic rings. The fraction of sp³-hybridized carbons (Fsp3) is 0.182. The molecule has 0 saturated heterocycles. The summed E-state index contributed by atoms with van der Waals surface area (Å²) in [6, 6.07) is 4.92. The fourth-order valence-electron chi connectivity index (χ4n) is 1.65. The lowest BCUT2D eigenvalue weighted by Gasteiger charge is -2.11. The Morgan fingerprint density at radius 2 is 2.21 bits per heavy atom. The molecule has 0 aliphatic rings. The molecule has 1 aromatic heterocycles. The number of nitrogens with two attached hydrogens (primary N) is 1. The van der Waals surface area contributed by atoms with Gasteiger partial charge in [0.1, 0.15) is 9.34 Å². The number of hydrogen-bond donors (Lipinski definition) is 2. The van der Waals surface area contributed by atoms with Crippen molar-refractivity contribution in [3.63, 3.8) is 0 Å². The van der Waals surface area contributed by atoms with Crippen LogP contribution in [0.25, 0.3) is 0 Å². The second-order valence-electron chi connectivity index (χ2n) is 3.89. The summed E-state index contributed by atoms with van der Waals surface area (Å²) >= 11 is 7.16. The van der Waals surface area contributed by atoms with Crippen LogP contribution in [0.15, 0.2) is 29.3 Å². The molecule has 0 aliphatic heterocycles. The summed E-state index contributed by atoms with van der Waals surface area (Å²) in [6.07, 6.45) is 1.58. The van der Waals surface area contributed by atoms with E-state index in [1.165, 1.54) is 17.4 Å². The summed E-state index contributed by atoms with van der Waals surface area (Å²) in [6.45, 7) is 2.18. The molecule has 102 valence electrons. The van der Waals surface area contributed by atoms with Crippen LogP contribution in [0.5, 0.6) is 0 Å². The Balaban J connectivity index is 2.22. The minimum absolute atomic E-state index is 0.120. The van der Waals surface area contributed by atoms with E-state index < -0.39 is 10.0 Å². The second kappa shape index (κ2) is 5.46. The van der Waals surface area contributed by atoms with Gasteiger partial charge in [-0.2, -0.15) is 0 Å². The zero-order valence-electron chi connectivity index (χ0n) is 10.1. The van der Waals surface area contributed by atoms with E-state index in [9.17, 15) is 8.42 Å².